The van der Waals surface area contributed by atoms with Crippen LogP contribution in [0.5, 0.6) is 0 Å². The van der Waals surface area contributed by atoms with Gasteiger partial charge >= 0.3 is 0 Å². The summed E-state index contributed by atoms with van der Waals surface area (Å²) in [6.45, 7) is 7.20. The molecule has 1 aliphatic rings. The minimum atomic E-state index is -0.206. The summed E-state index contributed by atoms with van der Waals surface area (Å²) in [5.74, 6) is 0.720. The number of rotatable bonds is 3. The van der Waals surface area contributed by atoms with E-state index in [0.29, 0.717) is 5.56 Å². The fourth-order valence-electron chi connectivity index (χ4n) is 3.25. The first kappa shape index (κ1) is 20.8. The van der Waals surface area contributed by atoms with E-state index in [-0.39, 0.29) is 30.6 Å². The molecule has 0 amide bonds. The minimum Gasteiger partial charge on any atom is -0.353 e. The van der Waals surface area contributed by atoms with Crippen LogP contribution in [0.15, 0.2) is 36.0 Å². The molecule has 0 saturated carbocycles. The van der Waals surface area contributed by atoms with Gasteiger partial charge in [-0.25, -0.2) is 14.4 Å². The maximum absolute atomic E-state index is 14.3. The molecule has 1 fully saturated rings. The summed E-state index contributed by atoms with van der Waals surface area (Å²) in [5.41, 5.74) is 1.51. The van der Waals surface area contributed by atoms with Crippen LogP contribution in [0.2, 0.25) is 0 Å². The van der Waals surface area contributed by atoms with Crippen LogP contribution in [0.25, 0.3) is 21.3 Å². The monoisotopic (exact) mass is 414 g/mol. The summed E-state index contributed by atoms with van der Waals surface area (Å²) >= 11 is 1.55. The van der Waals surface area contributed by atoms with E-state index in [0.717, 1.165) is 54.3 Å². The summed E-state index contributed by atoms with van der Waals surface area (Å²) in [4.78, 5) is 14.6. The first-order valence-electron chi connectivity index (χ1n) is 8.22. The van der Waals surface area contributed by atoms with E-state index in [1.165, 1.54) is 6.07 Å². The lowest BCUT2D eigenvalue weighted by atomic mass is 10.1. The maximum Gasteiger partial charge on any atom is 0.141 e. The maximum atomic E-state index is 14.3. The third kappa shape index (κ3) is 3.78. The molecule has 1 saturated heterocycles. The zero-order valence-corrected chi connectivity index (χ0v) is 16.8. The number of halogens is 3. The first-order valence-corrected chi connectivity index (χ1v) is 9.10. The van der Waals surface area contributed by atoms with Crippen molar-refractivity contribution in [2.75, 3.05) is 37.6 Å². The van der Waals surface area contributed by atoms with Crippen LogP contribution < -0.4 is 4.90 Å². The molecule has 0 atom stereocenters. The molecule has 0 spiro atoms. The summed E-state index contributed by atoms with van der Waals surface area (Å²) in [6.07, 6.45) is 1.62. The average Bonchev–Trinajstić information content (AvgIpc) is 3.06. The van der Waals surface area contributed by atoms with Gasteiger partial charge in [0.25, 0.3) is 0 Å². The van der Waals surface area contributed by atoms with Gasteiger partial charge in [-0.3, -0.25) is 0 Å². The van der Waals surface area contributed by atoms with Gasteiger partial charge in [0, 0.05) is 42.7 Å². The lowest BCUT2D eigenvalue weighted by Crippen LogP contribution is -2.46. The quantitative estimate of drug-likeness (QED) is 0.631. The molecule has 4 rings (SSSR count). The number of hydrogen-bond donors (Lipinski definition) is 0. The topological polar surface area (TPSA) is 32.3 Å². The molecule has 1 aromatic carbocycles. The van der Waals surface area contributed by atoms with Crippen molar-refractivity contribution in [3.8, 4) is 11.1 Å². The normalized spacial score (nSPS) is 14.8. The Hall–Kier alpha value is -1.47. The highest BCUT2D eigenvalue weighted by molar-refractivity contribution is 7.17. The Bertz CT molecular complexity index is 865. The zero-order chi connectivity index (χ0) is 16.5. The van der Waals surface area contributed by atoms with Gasteiger partial charge in [0.05, 0.1) is 5.39 Å². The van der Waals surface area contributed by atoms with Crippen LogP contribution in [0.4, 0.5) is 10.2 Å². The highest BCUT2D eigenvalue weighted by Crippen LogP contribution is 2.38. The smallest absolute Gasteiger partial charge is 0.141 e. The fraction of sp³-hybridized carbons (Fsp3) is 0.333. The second kappa shape index (κ2) is 8.95. The molecule has 0 unspecified atom stereocenters. The van der Waals surface area contributed by atoms with E-state index in [2.05, 4.69) is 26.7 Å². The predicted octanol–water partition coefficient (Wildman–Crippen LogP) is 4.48. The molecule has 4 nitrogen and oxygen atoms in total. The molecule has 8 heteroatoms. The Balaban J connectivity index is 0.00000121. The van der Waals surface area contributed by atoms with Crippen LogP contribution in [0.3, 0.4) is 0 Å². The van der Waals surface area contributed by atoms with Crippen molar-refractivity contribution in [1.82, 2.24) is 14.9 Å². The third-order valence-corrected chi connectivity index (χ3v) is 5.52. The zero-order valence-electron chi connectivity index (χ0n) is 14.4. The lowest BCUT2D eigenvalue weighted by Gasteiger charge is -2.35. The number of aromatic nitrogens is 2. The van der Waals surface area contributed by atoms with E-state index >= 15 is 0 Å². The minimum absolute atomic E-state index is 0. The van der Waals surface area contributed by atoms with Gasteiger partial charge in [0.2, 0.25) is 0 Å². The number of hydrogen-bond acceptors (Lipinski definition) is 5. The van der Waals surface area contributed by atoms with Gasteiger partial charge in [-0.1, -0.05) is 25.1 Å². The Kier molecular flexibility index (Phi) is 7.17. The van der Waals surface area contributed by atoms with Gasteiger partial charge in [0.1, 0.15) is 22.8 Å². The first-order chi connectivity index (χ1) is 11.8. The number of benzene rings is 1. The van der Waals surface area contributed by atoms with Gasteiger partial charge in [-0.05, 0) is 12.6 Å². The molecule has 0 radical (unpaired) electrons. The third-order valence-electron chi connectivity index (χ3n) is 4.63. The number of fused-ring (bicyclic) bond motifs is 1. The van der Waals surface area contributed by atoms with Crippen LogP contribution >= 0.6 is 36.2 Å². The van der Waals surface area contributed by atoms with Gasteiger partial charge in [-0.2, -0.15) is 0 Å². The molecule has 26 heavy (non-hydrogen) atoms. The Morgan fingerprint density at radius 3 is 2.46 bits per heavy atom. The van der Waals surface area contributed by atoms with Crippen molar-refractivity contribution in [3.63, 3.8) is 0 Å². The molecular formula is C18H21Cl2FN4S. The SMILES string of the molecule is CCN1CCN(c2ncnc3scc(-c4ccccc4F)c23)CC1.Cl.Cl. The number of piperazine rings is 1. The van der Waals surface area contributed by atoms with Gasteiger partial charge < -0.3 is 9.80 Å². The van der Waals surface area contributed by atoms with Crippen LogP contribution in [0.1, 0.15) is 6.92 Å². The van der Waals surface area contributed by atoms with Crippen molar-refractivity contribution in [3.05, 3.63) is 41.8 Å². The van der Waals surface area contributed by atoms with E-state index < -0.39 is 0 Å². The van der Waals surface area contributed by atoms with Gasteiger partial charge in [0.15, 0.2) is 0 Å². The van der Waals surface area contributed by atoms with E-state index in [1.807, 2.05) is 17.5 Å². The highest BCUT2D eigenvalue weighted by Gasteiger charge is 2.22. The van der Waals surface area contributed by atoms with Crippen LogP contribution in [-0.2, 0) is 0 Å². The molecule has 2 aromatic heterocycles. The Labute approximate surface area is 168 Å². The Morgan fingerprint density at radius 2 is 1.77 bits per heavy atom. The largest absolute Gasteiger partial charge is 0.353 e. The van der Waals surface area contributed by atoms with E-state index in [4.69, 9.17) is 0 Å². The summed E-state index contributed by atoms with van der Waals surface area (Å²) in [6, 6.07) is 6.91. The van der Waals surface area contributed by atoms with E-state index in [1.54, 1.807) is 23.7 Å². The number of nitrogens with zero attached hydrogens (tertiary/aromatic N) is 4. The predicted molar refractivity (Wildman–Crippen MR) is 112 cm³/mol. The molecule has 0 N–H and O–H groups in total. The number of anilines is 1. The standard InChI is InChI=1S/C18H19FN4S.2ClH/c1-2-22-7-9-23(10-8-22)17-16-14(11-24-18(16)21-12-20-17)13-5-3-4-6-15(13)19;;/h3-6,11-12H,2,7-10H2,1H3;2*1H. The fourth-order valence-corrected chi connectivity index (χ4v) is 4.15. The Morgan fingerprint density at radius 1 is 1.04 bits per heavy atom. The molecule has 0 bridgehead atoms. The molecule has 1 aliphatic heterocycles. The lowest BCUT2D eigenvalue weighted by molar-refractivity contribution is 0.271. The van der Waals surface area contributed by atoms with Crippen molar-refractivity contribution >= 4 is 52.2 Å². The van der Waals surface area contributed by atoms with E-state index in [9.17, 15) is 4.39 Å². The summed E-state index contributed by atoms with van der Waals surface area (Å²) in [5, 5.41) is 2.96. The number of thiophene rings is 1. The van der Waals surface area contributed by atoms with Gasteiger partial charge in [-0.15, -0.1) is 36.2 Å². The molecular weight excluding hydrogens is 394 g/mol. The highest BCUT2D eigenvalue weighted by atomic mass is 35.5. The summed E-state index contributed by atoms with van der Waals surface area (Å²) < 4.78 is 14.3. The average molecular weight is 415 g/mol. The second-order valence-electron chi connectivity index (χ2n) is 5.93. The molecule has 3 heterocycles. The summed E-state index contributed by atoms with van der Waals surface area (Å²) in [7, 11) is 0. The number of likely N-dealkylation sites (N-methyl/N-ethyl adjacent to an activating group) is 1. The van der Waals surface area contributed by atoms with Crippen molar-refractivity contribution in [2.45, 2.75) is 6.92 Å². The molecule has 140 valence electrons. The van der Waals surface area contributed by atoms with Crippen LogP contribution in [0, 0.1) is 5.82 Å². The van der Waals surface area contributed by atoms with Crippen LogP contribution in [-0.4, -0.2) is 47.6 Å². The van der Waals surface area contributed by atoms with Crippen molar-refractivity contribution < 1.29 is 4.39 Å². The van der Waals surface area contributed by atoms with Crippen molar-refractivity contribution in [2.24, 2.45) is 0 Å². The molecule has 0 aliphatic carbocycles. The molecule has 3 aromatic rings. The second-order valence-corrected chi connectivity index (χ2v) is 6.79. The van der Waals surface area contributed by atoms with Crippen molar-refractivity contribution in [1.29, 1.82) is 0 Å².